The lowest BCUT2D eigenvalue weighted by Crippen LogP contribution is -2.34. The van der Waals surface area contributed by atoms with Gasteiger partial charge in [-0.15, -0.1) is 0 Å². The van der Waals surface area contributed by atoms with E-state index >= 15 is 0 Å². The molecular weight excluding hydrogens is 362 g/mol. The van der Waals surface area contributed by atoms with Crippen molar-refractivity contribution in [1.82, 2.24) is 0 Å². The second-order valence-corrected chi connectivity index (χ2v) is 6.33. The van der Waals surface area contributed by atoms with E-state index in [1.54, 1.807) is 31.2 Å². The number of esters is 1. The van der Waals surface area contributed by atoms with Crippen molar-refractivity contribution in [1.29, 1.82) is 0 Å². The Balaban J connectivity index is 2.35. The van der Waals surface area contributed by atoms with E-state index in [1.165, 1.54) is 31.2 Å². The Morgan fingerprint density at radius 2 is 1.75 bits per heavy atom. The van der Waals surface area contributed by atoms with E-state index in [9.17, 15) is 24.5 Å². The van der Waals surface area contributed by atoms with Crippen LogP contribution in [0.5, 0.6) is 0 Å². The van der Waals surface area contributed by atoms with Crippen molar-refractivity contribution in [3.63, 3.8) is 0 Å². The zero-order chi connectivity index (χ0) is 20.7. The number of benzene rings is 2. The molecule has 146 valence electrons. The molecule has 7 heteroatoms. The van der Waals surface area contributed by atoms with E-state index in [0.717, 1.165) is 5.56 Å². The first-order valence-corrected chi connectivity index (χ1v) is 8.83. The number of rotatable bonds is 9. The predicted molar refractivity (Wildman–Crippen MR) is 102 cm³/mol. The molecule has 0 N–H and O–H groups in total. The number of nitro benzene ring substituents is 1. The summed E-state index contributed by atoms with van der Waals surface area (Å²) in [7, 11) is 0. The first-order chi connectivity index (χ1) is 13.3. The molecule has 2 aromatic rings. The number of ketones is 2. The second-order valence-electron chi connectivity index (χ2n) is 6.33. The van der Waals surface area contributed by atoms with Crippen LogP contribution in [0.1, 0.15) is 37.3 Å². The van der Waals surface area contributed by atoms with Crippen molar-refractivity contribution in [2.24, 2.45) is 5.92 Å². The molecule has 0 saturated carbocycles. The Morgan fingerprint density at radius 3 is 2.32 bits per heavy atom. The number of Topliss-reactive ketones (excluding diaryl/α,β-unsaturated/α-hetero) is 2. The number of carbonyl (C=O) groups is 3. The largest absolute Gasteiger partial charge is 0.460 e. The number of hydrogen-bond donors (Lipinski definition) is 0. The molecule has 2 unspecified atom stereocenters. The molecule has 0 aliphatic carbocycles. The van der Waals surface area contributed by atoms with Crippen LogP contribution in [0.25, 0.3) is 0 Å². The summed E-state index contributed by atoms with van der Waals surface area (Å²) in [5.74, 6) is -4.22. The van der Waals surface area contributed by atoms with Crippen LogP contribution in [0.4, 0.5) is 5.69 Å². The van der Waals surface area contributed by atoms with E-state index in [2.05, 4.69) is 0 Å². The number of non-ortho nitro benzene ring substituents is 1. The van der Waals surface area contributed by atoms with Gasteiger partial charge in [0.25, 0.3) is 5.69 Å². The van der Waals surface area contributed by atoms with Gasteiger partial charge in [-0.1, -0.05) is 49.4 Å². The summed E-state index contributed by atoms with van der Waals surface area (Å²) in [4.78, 5) is 48.0. The molecular formula is C21H21NO6. The molecule has 0 saturated heterocycles. The highest BCUT2D eigenvalue weighted by Gasteiger charge is 2.39. The van der Waals surface area contributed by atoms with E-state index < -0.39 is 28.5 Å². The zero-order valence-electron chi connectivity index (χ0n) is 15.7. The summed E-state index contributed by atoms with van der Waals surface area (Å²) < 4.78 is 5.28. The number of nitrogens with zero attached hydrogens (tertiary/aromatic N) is 1. The van der Waals surface area contributed by atoms with Gasteiger partial charge >= 0.3 is 5.97 Å². The fourth-order valence-corrected chi connectivity index (χ4v) is 2.97. The summed E-state index contributed by atoms with van der Waals surface area (Å²) in [6.07, 6.45) is 0.0725. The molecule has 0 heterocycles. The van der Waals surface area contributed by atoms with Crippen LogP contribution in [0.2, 0.25) is 0 Å². The van der Waals surface area contributed by atoms with Crippen molar-refractivity contribution in [3.05, 3.63) is 75.8 Å². The molecule has 2 rings (SSSR count). The molecule has 0 aliphatic heterocycles. The second kappa shape index (κ2) is 9.55. The Morgan fingerprint density at radius 1 is 1.07 bits per heavy atom. The van der Waals surface area contributed by atoms with Gasteiger partial charge in [0.1, 0.15) is 24.1 Å². The summed E-state index contributed by atoms with van der Waals surface area (Å²) in [5, 5.41) is 11.1. The third kappa shape index (κ3) is 5.09. The molecule has 7 nitrogen and oxygen atoms in total. The Labute approximate surface area is 162 Å². The smallest absolute Gasteiger partial charge is 0.317 e. The third-order valence-corrected chi connectivity index (χ3v) is 4.38. The Kier molecular flexibility index (Phi) is 7.14. The van der Waals surface area contributed by atoms with Gasteiger partial charge in [0, 0.05) is 18.6 Å². The van der Waals surface area contributed by atoms with Gasteiger partial charge < -0.3 is 4.74 Å². The third-order valence-electron chi connectivity index (χ3n) is 4.38. The van der Waals surface area contributed by atoms with Gasteiger partial charge in [0.15, 0.2) is 0 Å². The minimum absolute atomic E-state index is 0.0363. The number of ether oxygens (including phenoxy) is 1. The maximum Gasteiger partial charge on any atom is 0.317 e. The highest BCUT2D eigenvalue weighted by Crippen LogP contribution is 2.31. The van der Waals surface area contributed by atoms with Crippen LogP contribution < -0.4 is 0 Å². The first-order valence-electron chi connectivity index (χ1n) is 8.83. The lowest BCUT2D eigenvalue weighted by Gasteiger charge is -2.23. The maximum atomic E-state index is 12.7. The monoisotopic (exact) mass is 383 g/mol. The average Bonchev–Trinajstić information content (AvgIpc) is 2.70. The quantitative estimate of drug-likeness (QED) is 0.284. The highest BCUT2D eigenvalue weighted by molar-refractivity contribution is 6.04. The van der Waals surface area contributed by atoms with Gasteiger partial charge in [-0.2, -0.15) is 0 Å². The highest BCUT2D eigenvalue weighted by atomic mass is 16.6. The number of carbonyl (C=O) groups excluding carboxylic acids is 3. The molecule has 28 heavy (non-hydrogen) atoms. The molecule has 0 aliphatic rings. The first kappa shape index (κ1) is 21.0. The Bertz CT molecular complexity index is 877. The molecule has 2 atom stereocenters. The van der Waals surface area contributed by atoms with Gasteiger partial charge in [0.2, 0.25) is 0 Å². The van der Waals surface area contributed by atoms with E-state index in [4.69, 9.17) is 4.74 Å². The molecule has 0 amide bonds. The summed E-state index contributed by atoms with van der Waals surface area (Å²) in [6, 6.07) is 14.4. The fourth-order valence-electron chi connectivity index (χ4n) is 2.97. The SMILES string of the molecule is CCC(=O)C(c1cccc([N+](=O)[O-])c1)C(C(C)=O)C(=O)OCc1ccccc1. The minimum atomic E-state index is -1.36. The topological polar surface area (TPSA) is 104 Å². The summed E-state index contributed by atoms with van der Waals surface area (Å²) >= 11 is 0. The average molecular weight is 383 g/mol. The van der Waals surface area contributed by atoms with Crippen LogP contribution in [0.15, 0.2) is 54.6 Å². The molecule has 0 spiro atoms. The summed E-state index contributed by atoms with van der Waals surface area (Å²) in [5.41, 5.74) is 0.774. The van der Waals surface area contributed by atoms with Crippen LogP contribution >= 0.6 is 0 Å². The van der Waals surface area contributed by atoms with Crippen molar-refractivity contribution in [2.75, 3.05) is 0 Å². The normalized spacial score (nSPS) is 12.6. The molecule has 0 fully saturated rings. The Hall–Kier alpha value is -3.35. The molecule has 0 aromatic heterocycles. The fraction of sp³-hybridized carbons (Fsp3) is 0.286. The van der Waals surface area contributed by atoms with Gasteiger partial charge in [0.05, 0.1) is 10.8 Å². The van der Waals surface area contributed by atoms with Crippen molar-refractivity contribution >= 4 is 23.2 Å². The van der Waals surface area contributed by atoms with Gasteiger partial charge in [-0.25, -0.2) is 0 Å². The lowest BCUT2D eigenvalue weighted by molar-refractivity contribution is -0.384. The maximum absolute atomic E-state index is 12.7. The van der Waals surface area contributed by atoms with Crippen molar-refractivity contribution < 1.29 is 24.0 Å². The van der Waals surface area contributed by atoms with Gasteiger partial charge in [-0.3, -0.25) is 24.5 Å². The standard InChI is InChI=1S/C21H21NO6/c1-3-18(24)20(16-10-7-11-17(12-16)22(26)27)19(14(2)23)21(25)28-13-15-8-5-4-6-9-15/h4-12,19-20H,3,13H2,1-2H3. The molecule has 0 radical (unpaired) electrons. The van der Waals surface area contributed by atoms with Gasteiger partial charge in [-0.05, 0) is 18.1 Å². The summed E-state index contributed by atoms with van der Waals surface area (Å²) in [6.45, 7) is 2.78. The number of hydrogen-bond acceptors (Lipinski definition) is 6. The molecule has 2 aromatic carbocycles. The van der Waals surface area contributed by atoms with E-state index in [0.29, 0.717) is 0 Å². The van der Waals surface area contributed by atoms with E-state index in [-0.39, 0.29) is 30.1 Å². The van der Waals surface area contributed by atoms with Crippen LogP contribution in [-0.2, 0) is 25.7 Å². The predicted octanol–water partition coefficient (Wildman–Crippen LogP) is 3.61. The van der Waals surface area contributed by atoms with Crippen molar-refractivity contribution in [3.8, 4) is 0 Å². The van der Waals surface area contributed by atoms with Crippen LogP contribution in [-0.4, -0.2) is 22.5 Å². The lowest BCUT2D eigenvalue weighted by atomic mass is 9.79. The van der Waals surface area contributed by atoms with Crippen LogP contribution in [0.3, 0.4) is 0 Å². The minimum Gasteiger partial charge on any atom is -0.460 e. The number of nitro groups is 1. The van der Waals surface area contributed by atoms with Crippen molar-refractivity contribution in [2.45, 2.75) is 32.8 Å². The van der Waals surface area contributed by atoms with E-state index in [1.807, 2.05) is 6.07 Å². The zero-order valence-corrected chi connectivity index (χ0v) is 15.7. The molecule has 0 bridgehead atoms. The van der Waals surface area contributed by atoms with Crippen LogP contribution in [0, 0.1) is 16.0 Å².